The van der Waals surface area contributed by atoms with Gasteiger partial charge in [0.15, 0.2) is 5.82 Å². The van der Waals surface area contributed by atoms with E-state index in [9.17, 15) is 9.59 Å². The molecular formula is C21H29N5O4. The lowest BCUT2D eigenvalue weighted by Gasteiger charge is -2.12. The van der Waals surface area contributed by atoms with Crippen LogP contribution in [0.4, 0.5) is 16.2 Å². The summed E-state index contributed by atoms with van der Waals surface area (Å²) in [6.07, 6.45) is 2.71. The number of carbonyl (C=O) groups is 2. The first-order valence-corrected chi connectivity index (χ1v) is 10.2. The lowest BCUT2D eigenvalue weighted by atomic mass is 9.96. The van der Waals surface area contributed by atoms with Crippen molar-refractivity contribution in [3.63, 3.8) is 0 Å². The zero-order chi connectivity index (χ0) is 21.6. The molecule has 2 heterocycles. The monoisotopic (exact) mass is 415 g/mol. The SMILES string of the molecule is CC(C)(C)c1noc(CCC(=O)Nc2ccc(NC(=O)NC[C@@H]3CCCO3)cc2)n1. The van der Waals surface area contributed by atoms with Gasteiger partial charge in [0.2, 0.25) is 11.8 Å². The summed E-state index contributed by atoms with van der Waals surface area (Å²) in [5.41, 5.74) is 1.09. The molecule has 2 aromatic rings. The Labute approximate surface area is 175 Å². The predicted octanol–water partition coefficient (Wildman–Crippen LogP) is 3.24. The summed E-state index contributed by atoms with van der Waals surface area (Å²) >= 11 is 0. The Bertz CT molecular complexity index is 851. The maximum atomic E-state index is 12.2. The molecule has 0 saturated carbocycles. The van der Waals surface area contributed by atoms with Crippen molar-refractivity contribution in [3.8, 4) is 0 Å². The Morgan fingerprint density at radius 2 is 1.83 bits per heavy atom. The van der Waals surface area contributed by atoms with Crippen molar-refractivity contribution < 1.29 is 18.8 Å². The Kier molecular flexibility index (Phi) is 7.04. The fourth-order valence-electron chi connectivity index (χ4n) is 2.93. The quantitative estimate of drug-likeness (QED) is 0.639. The third kappa shape index (κ3) is 6.55. The molecule has 0 unspecified atom stereocenters. The van der Waals surface area contributed by atoms with Crippen molar-refractivity contribution in [1.82, 2.24) is 15.5 Å². The van der Waals surface area contributed by atoms with E-state index in [2.05, 4.69) is 26.1 Å². The number of aryl methyl sites for hydroxylation is 1. The Morgan fingerprint density at radius 3 is 2.43 bits per heavy atom. The first-order chi connectivity index (χ1) is 14.3. The molecule has 9 nitrogen and oxygen atoms in total. The minimum Gasteiger partial charge on any atom is -0.376 e. The predicted molar refractivity (Wildman–Crippen MR) is 112 cm³/mol. The average Bonchev–Trinajstić information content (AvgIpc) is 3.38. The van der Waals surface area contributed by atoms with Crippen LogP contribution in [0.1, 0.15) is 51.7 Å². The number of aromatic nitrogens is 2. The molecule has 0 aliphatic carbocycles. The number of nitrogens with one attached hydrogen (secondary N) is 3. The minimum absolute atomic E-state index is 0.0977. The smallest absolute Gasteiger partial charge is 0.319 e. The van der Waals surface area contributed by atoms with E-state index in [1.165, 1.54) is 0 Å². The molecule has 3 amide bonds. The summed E-state index contributed by atoms with van der Waals surface area (Å²) in [5, 5.41) is 12.3. The van der Waals surface area contributed by atoms with Gasteiger partial charge in [0.1, 0.15) is 0 Å². The van der Waals surface area contributed by atoms with E-state index in [4.69, 9.17) is 9.26 Å². The van der Waals surface area contributed by atoms with Crippen molar-refractivity contribution in [2.75, 3.05) is 23.8 Å². The maximum absolute atomic E-state index is 12.2. The first-order valence-electron chi connectivity index (χ1n) is 10.2. The normalized spacial score (nSPS) is 16.3. The number of urea groups is 1. The number of benzene rings is 1. The second-order valence-corrected chi connectivity index (χ2v) is 8.36. The van der Waals surface area contributed by atoms with Crippen molar-refractivity contribution in [1.29, 1.82) is 0 Å². The fraction of sp³-hybridized carbons (Fsp3) is 0.524. The van der Waals surface area contributed by atoms with Crippen LogP contribution in [-0.2, 0) is 21.4 Å². The summed E-state index contributed by atoms with van der Waals surface area (Å²) in [5.74, 6) is 0.921. The molecule has 0 radical (unpaired) electrons. The second-order valence-electron chi connectivity index (χ2n) is 8.36. The molecule has 1 aromatic carbocycles. The molecule has 1 aliphatic rings. The van der Waals surface area contributed by atoms with Gasteiger partial charge in [0, 0.05) is 42.8 Å². The van der Waals surface area contributed by atoms with Crippen molar-refractivity contribution in [2.24, 2.45) is 0 Å². The number of amides is 3. The van der Waals surface area contributed by atoms with Gasteiger partial charge < -0.3 is 25.2 Å². The van der Waals surface area contributed by atoms with Crippen molar-refractivity contribution in [3.05, 3.63) is 36.0 Å². The summed E-state index contributed by atoms with van der Waals surface area (Å²) in [7, 11) is 0. The van der Waals surface area contributed by atoms with Crippen molar-refractivity contribution >= 4 is 23.3 Å². The summed E-state index contributed by atoms with van der Waals surface area (Å²) in [4.78, 5) is 28.4. The van der Waals surface area contributed by atoms with E-state index in [0.717, 1.165) is 19.4 Å². The summed E-state index contributed by atoms with van der Waals surface area (Å²) in [6.45, 7) is 7.26. The van der Waals surface area contributed by atoms with E-state index >= 15 is 0 Å². The number of carbonyl (C=O) groups excluding carboxylic acids is 2. The van der Waals surface area contributed by atoms with Crippen LogP contribution in [0.3, 0.4) is 0 Å². The lowest BCUT2D eigenvalue weighted by molar-refractivity contribution is -0.116. The highest BCUT2D eigenvalue weighted by atomic mass is 16.5. The molecule has 9 heteroatoms. The van der Waals surface area contributed by atoms with Crippen LogP contribution in [-0.4, -0.2) is 41.3 Å². The Hall–Kier alpha value is -2.94. The third-order valence-electron chi connectivity index (χ3n) is 4.65. The molecule has 1 fully saturated rings. The second kappa shape index (κ2) is 9.71. The molecule has 162 valence electrons. The number of anilines is 2. The van der Waals surface area contributed by atoms with Crippen molar-refractivity contribution in [2.45, 2.75) is 58.0 Å². The van der Waals surface area contributed by atoms with Crippen LogP contribution in [0.5, 0.6) is 0 Å². The number of ether oxygens (including phenoxy) is 1. The van der Waals surface area contributed by atoms with Crippen LogP contribution in [0.25, 0.3) is 0 Å². The standard InChI is InChI=1S/C21H29N5O4/c1-21(2,3)19-25-18(30-26-19)11-10-17(27)23-14-6-8-15(9-7-14)24-20(28)22-13-16-5-4-12-29-16/h6-9,16H,4-5,10-13H2,1-3H3,(H,23,27)(H2,22,24,28)/t16-/m0/s1. The number of rotatable bonds is 7. The van der Waals surface area contributed by atoms with E-state index < -0.39 is 0 Å². The van der Waals surface area contributed by atoms with Gasteiger partial charge in [0.05, 0.1) is 6.10 Å². The molecule has 0 spiro atoms. The van der Waals surface area contributed by atoms with E-state index in [1.54, 1.807) is 24.3 Å². The van der Waals surface area contributed by atoms with Gasteiger partial charge in [-0.15, -0.1) is 0 Å². The van der Waals surface area contributed by atoms with E-state index in [0.29, 0.717) is 36.1 Å². The Balaban J connectivity index is 1.40. The molecule has 1 atom stereocenters. The van der Waals surface area contributed by atoms with Crippen LogP contribution in [0.2, 0.25) is 0 Å². The van der Waals surface area contributed by atoms with Crippen LogP contribution in [0, 0.1) is 0 Å². The number of hydrogen-bond donors (Lipinski definition) is 3. The molecule has 1 aliphatic heterocycles. The fourth-order valence-corrected chi connectivity index (χ4v) is 2.93. The first kappa shape index (κ1) is 21.8. The summed E-state index contributed by atoms with van der Waals surface area (Å²) in [6, 6.07) is 6.65. The number of nitrogens with zero attached hydrogens (tertiary/aromatic N) is 2. The molecule has 30 heavy (non-hydrogen) atoms. The average molecular weight is 415 g/mol. The van der Waals surface area contributed by atoms with Gasteiger partial charge in [-0.25, -0.2) is 4.79 Å². The topological polar surface area (TPSA) is 118 Å². The zero-order valence-corrected chi connectivity index (χ0v) is 17.7. The molecule has 3 N–H and O–H groups in total. The third-order valence-corrected chi connectivity index (χ3v) is 4.65. The van der Waals surface area contributed by atoms with Gasteiger partial charge in [-0.3, -0.25) is 4.79 Å². The van der Waals surface area contributed by atoms with Gasteiger partial charge in [-0.1, -0.05) is 25.9 Å². The lowest BCUT2D eigenvalue weighted by Crippen LogP contribution is -2.35. The van der Waals surface area contributed by atoms with Gasteiger partial charge in [-0.2, -0.15) is 4.98 Å². The zero-order valence-electron chi connectivity index (χ0n) is 17.7. The van der Waals surface area contributed by atoms with Gasteiger partial charge in [-0.05, 0) is 37.1 Å². The summed E-state index contributed by atoms with van der Waals surface area (Å²) < 4.78 is 10.7. The van der Waals surface area contributed by atoms with Crippen LogP contribution in [0.15, 0.2) is 28.8 Å². The maximum Gasteiger partial charge on any atom is 0.319 e. The largest absolute Gasteiger partial charge is 0.376 e. The minimum atomic E-state index is -0.281. The molecule has 1 saturated heterocycles. The molecule has 0 bridgehead atoms. The molecular weight excluding hydrogens is 386 g/mol. The van der Waals surface area contributed by atoms with Gasteiger partial charge in [0.25, 0.3) is 0 Å². The molecule has 3 rings (SSSR count). The highest BCUT2D eigenvalue weighted by Crippen LogP contribution is 2.19. The van der Waals surface area contributed by atoms with Crippen LogP contribution >= 0.6 is 0 Å². The van der Waals surface area contributed by atoms with Crippen LogP contribution < -0.4 is 16.0 Å². The number of hydrogen-bond acceptors (Lipinski definition) is 6. The molecule has 1 aromatic heterocycles. The van der Waals surface area contributed by atoms with E-state index in [-0.39, 0.29) is 29.9 Å². The Morgan fingerprint density at radius 1 is 1.13 bits per heavy atom. The van der Waals surface area contributed by atoms with Gasteiger partial charge >= 0.3 is 6.03 Å². The highest BCUT2D eigenvalue weighted by Gasteiger charge is 2.21. The highest BCUT2D eigenvalue weighted by molar-refractivity contribution is 5.92. The van der Waals surface area contributed by atoms with E-state index in [1.807, 2.05) is 20.8 Å².